The van der Waals surface area contributed by atoms with Gasteiger partial charge in [0.05, 0.1) is 19.3 Å². The van der Waals surface area contributed by atoms with Crippen LogP contribution in [0.5, 0.6) is 11.5 Å². The van der Waals surface area contributed by atoms with Gasteiger partial charge in [-0.1, -0.05) is 12.1 Å². The van der Waals surface area contributed by atoms with Gasteiger partial charge in [-0.25, -0.2) is 0 Å². The zero-order chi connectivity index (χ0) is 20.0. The van der Waals surface area contributed by atoms with Crippen LogP contribution in [0.4, 0.5) is 0 Å². The lowest BCUT2D eigenvalue weighted by molar-refractivity contribution is -0.0426. The van der Waals surface area contributed by atoms with E-state index in [4.69, 9.17) is 18.9 Å². The SMILES string of the molecule is c1cc2c(cc1C(c1ccc3c(c1)COCO3)N1CC3(CCNCC3)C1)COCO2. The molecule has 4 heterocycles. The van der Waals surface area contributed by atoms with E-state index < -0.39 is 0 Å². The molecule has 30 heavy (non-hydrogen) atoms. The highest BCUT2D eigenvalue weighted by atomic mass is 16.7. The average Bonchev–Trinajstić information content (AvgIpc) is 2.79. The first-order valence-electron chi connectivity index (χ1n) is 10.9. The molecule has 0 amide bonds. The van der Waals surface area contributed by atoms with Crippen LogP contribution in [0.15, 0.2) is 36.4 Å². The summed E-state index contributed by atoms with van der Waals surface area (Å²) in [6.45, 7) is 6.46. The Morgan fingerprint density at radius 1 is 0.800 bits per heavy atom. The summed E-state index contributed by atoms with van der Waals surface area (Å²) >= 11 is 0. The van der Waals surface area contributed by atoms with Crippen molar-refractivity contribution in [3.63, 3.8) is 0 Å². The van der Waals surface area contributed by atoms with Gasteiger partial charge in [0.1, 0.15) is 11.5 Å². The molecule has 0 aromatic heterocycles. The lowest BCUT2D eigenvalue weighted by atomic mass is 9.71. The molecule has 2 saturated heterocycles. The Labute approximate surface area is 177 Å². The molecular weight excluding hydrogens is 380 g/mol. The van der Waals surface area contributed by atoms with Gasteiger partial charge in [0.15, 0.2) is 13.6 Å². The number of rotatable bonds is 3. The van der Waals surface area contributed by atoms with E-state index in [1.165, 1.54) is 24.0 Å². The Balaban J connectivity index is 1.35. The van der Waals surface area contributed by atoms with Crippen LogP contribution in [0.25, 0.3) is 0 Å². The van der Waals surface area contributed by atoms with Crippen LogP contribution in [0.1, 0.15) is 41.1 Å². The molecule has 2 aromatic rings. The van der Waals surface area contributed by atoms with Gasteiger partial charge >= 0.3 is 0 Å². The molecule has 4 aliphatic rings. The van der Waals surface area contributed by atoms with Crippen molar-refractivity contribution in [2.75, 3.05) is 39.8 Å². The van der Waals surface area contributed by atoms with E-state index >= 15 is 0 Å². The van der Waals surface area contributed by atoms with Gasteiger partial charge in [-0.05, 0) is 66.7 Å². The first-order valence-corrected chi connectivity index (χ1v) is 10.9. The molecule has 0 atom stereocenters. The number of hydrogen-bond donors (Lipinski definition) is 1. The van der Waals surface area contributed by atoms with Crippen LogP contribution in [-0.2, 0) is 22.7 Å². The summed E-state index contributed by atoms with van der Waals surface area (Å²) in [5, 5.41) is 3.51. The molecule has 2 fully saturated rings. The normalized spacial score (nSPS) is 22.6. The third-order valence-electron chi connectivity index (χ3n) is 7.02. The Morgan fingerprint density at radius 3 is 1.93 bits per heavy atom. The number of nitrogens with zero attached hydrogens (tertiary/aromatic N) is 1. The second-order valence-corrected chi connectivity index (χ2v) is 9.01. The van der Waals surface area contributed by atoms with Crippen molar-refractivity contribution in [1.82, 2.24) is 10.2 Å². The highest BCUT2D eigenvalue weighted by molar-refractivity contribution is 5.45. The quantitative estimate of drug-likeness (QED) is 0.842. The van der Waals surface area contributed by atoms with Gasteiger partial charge in [0, 0.05) is 24.2 Å². The molecular formula is C24H28N2O4. The van der Waals surface area contributed by atoms with E-state index in [0.717, 1.165) is 48.8 Å². The van der Waals surface area contributed by atoms with Crippen molar-refractivity contribution in [2.24, 2.45) is 5.41 Å². The summed E-state index contributed by atoms with van der Waals surface area (Å²) < 4.78 is 22.4. The Bertz CT molecular complexity index is 873. The van der Waals surface area contributed by atoms with Gasteiger partial charge in [0.2, 0.25) is 0 Å². The molecule has 0 radical (unpaired) electrons. The molecule has 0 bridgehead atoms. The summed E-state index contributed by atoms with van der Waals surface area (Å²) in [5.41, 5.74) is 5.33. The molecule has 0 saturated carbocycles. The first kappa shape index (κ1) is 18.6. The van der Waals surface area contributed by atoms with Crippen LogP contribution in [0.3, 0.4) is 0 Å². The maximum atomic E-state index is 5.65. The fourth-order valence-electron chi connectivity index (χ4n) is 5.44. The largest absolute Gasteiger partial charge is 0.467 e. The lowest BCUT2D eigenvalue weighted by Crippen LogP contribution is -2.60. The van der Waals surface area contributed by atoms with Crippen LogP contribution in [-0.4, -0.2) is 44.7 Å². The van der Waals surface area contributed by atoms with Crippen LogP contribution in [0, 0.1) is 5.41 Å². The van der Waals surface area contributed by atoms with Gasteiger partial charge in [0.25, 0.3) is 0 Å². The molecule has 0 unspecified atom stereocenters. The molecule has 6 rings (SSSR count). The highest BCUT2D eigenvalue weighted by Gasteiger charge is 2.46. The van der Waals surface area contributed by atoms with Crippen molar-refractivity contribution in [1.29, 1.82) is 0 Å². The van der Waals surface area contributed by atoms with Crippen molar-refractivity contribution in [3.8, 4) is 11.5 Å². The van der Waals surface area contributed by atoms with Crippen LogP contribution >= 0.6 is 0 Å². The Morgan fingerprint density at radius 2 is 1.37 bits per heavy atom. The number of nitrogens with one attached hydrogen (secondary N) is 1. The van der Waals surface area contributed by atoms with E-state index in [2.05, 4.69) is 46.6 Å². The second-order valence-electron chi connectivity index (χ2n) is 9.01. The Kier molecular flexibility index (Phi) is 4.68. The topological polar surface area (TPSA) is 52.2 Å². The van der Waals surface area contributed by atoms with E-state index in [-0.39, 0.29) is 6.04 Å². The molecule has 1 N–H and O–H groups in total. The van der Waals surface area contributed by atoms with E-state index in [1.54, 1.807) is 0 Å². The molecule has 4 aliphatic heterocycles. The number of ether oxygens (including phenoxy) is 4. The molecule has 6 heteroatoms. The minimum Gasteiger partial charge on any atom is -0.467 e. The average molecular weight is 408 g/mol. The number of piperidine rings is 1. The molecule has 2 aromatic carbocycles. The first-order chi connectivity index (χ1) is 14.8. The summed E-state index contributed by atoms with van der Waals surface area (Å²) in [4.78, 5) is 2.63. The monoisotopic (exact) mass is 408 g/mol. The lowest BCUT2D eigenvalue weighted by Gasteiger charge is -2.55. The van der Waals surface area contributed by atoms with Crippen LogP contribution in [0.2, 0.25) is 0 Å². The van der Waals surface area contributed by atoms with E-state index in [0.29, 0.717) is 32.2 Å². The summed E-state index contributed by atoms with van der Waals surface area (Å²) in [7, 11) is 0. The predicted molar refractivity (Wildman–Crippen MR) is 111 cm³/mol. The van der Waals surface area contributed by atoms with E-state index in [9.17, 15) is 0 Å². The number of benzene rings is 2. The zero-order valence-corrected chi connectivity index (χ0v) is 17.2. The fraction of sp³-hybridized carbons (Fsp3) is 0.500. The van der Waals surface area contributed by atoms with Crippen molar-refractivity contribution in [2.45, 2.75) is 32.1 Å². The molecule has 1 spiro atoms. The van der Waals surface area contributed by atoms with Gasteiger partial charge in [-0.3, -0.25) is 4.90 Å². The van der Waals surface area contributed by atoms with Gasteiger partial charge < -0.3 is 24.3 Å². The predicted octanol–water partition coefficient (Wildman–Crippen LogP) is 3.19. The van der Waals surface area contributed by atoms with Crippen molar-refractivity contribution >= 4 is 0 Å². The van der Waals surface area contributed by atoms with Crippen LogP contribution < -0.4 is 14.8 Å². The molecule has 158 valence electrons. The van der Waals surface area contributed by atoms with Gasteiger partial charge in [-0.15, -0.1) is 0 Å². The Hall–Kier alpha value is -2.12. The number of likely N-dealkylation sites (tertiary alicyclic amines) is 1. The van der Waals surface area contributed by atoms with Gasteiger partial charge in [-0.2, -0.15) is 0 Å². The standard InChI is InChI=1S/C24H28N2O4/c1-3-21-19(11-27-15-29-21)9-17(1)23(26-13-24(14-26)5-7-25-8-6-24)18-2-4-22-20(10-18)12-28-16-30-22/h1-4,9-10,23,25H,5-8,11-16H2. The summed E-state index contributed by atoms with van der Waals surface area (Å²) in [6, 6.07) is 13.4. The highest BCUT2D eigenvalue weighted by Crippen LogP contribution is 2.46. The maximum Gasteiger partial charge on any atom is 0.189 e. The maximum absolute atomic E-state index is 5.65. The third-order valence-corrected chi connectivity index (χ3v) is 7.02. The molecule has 0 aliphatic carbocycles. The second kappa shape index (κ2) is 7.54. The smallest absolute Gasteiger partial charge is 0.189 e. The third kappa shape index (κ3) is 3.28. The summed E-state index contributed by atoms with van der Waals surface area (Å²) in [5.74, 6) is 1.88. The molecule has 6 nitrogen and oxygen atoms in total. The van der Waals surface area contributed by atoms with E-state index in [1.807, 2.05) is 0 Å². The summed E-state index contributed by atoms with van der Waals surface area (Å²) in [6.07, 6.45) is 2.54. The van der Waals surface area contributed by atoms with Crippen molar-refractivity contribution < 1.29 is 18.9 Å². The zero-order valence-electron chi connectivity index (χ0n) is 17.2. The number of hydrogen-bond acceptors (Lipinski definition) is 6. The number of fused-ring (bicyclic) bond motifs is 2. The minimum absolute atomic E-state index is 0.213. The minimum atomic E-state index is 0.213. The van der Waals surface area contributed by atoms with Crippen molar-refractivity contribution in [3.05, 3.63) is 58.7 Å². The fourth-order valence-corrected chi connectivity index (χ4v) is 5.44.